The van der Waals surface area contributed by atoms with E-state index in [0.29, 0.717) is 6.08 Å². The van der Waals surface area contributed by atoms with Gasteiger partial charge in [0.15, 0.2) is 0 Å². The van der Waals surface area contributed by atoms with Gasteiger partial charge in [-0.3, -0.25) is 0 Å². The summed E-state index contributed by atoms with van der Waals surface area (Å²) in [6, 6.07) is 0. The SMILES string of the molecule is CC1(C)OP2(N=C=O)(OC(C(F)(F)F)=C(C(F)(C(F)(F)F)C(F)(F)F)O2)OC1(C)C. The summed E-state index contributed by atoms with van der Waals surface area (Å²) in [6.07, 6.45) is -19.6. The first kappa shape index (κ1) is 24.6. The molecule has 17 heteroatoms. The van der Waals surface area contributed by atoms with Crippen LogP contribution in [0.3, 0.4) is 0 Å². The molecule has 2 aliphatic heterocycles. The van der Waals surface area contributed by atoms with Crippen LogP contribution in [-0.2, 0) is 22.9 Å². The van der Waals surface area contributed by atoms with Crippen LogP contribution in [0.2, 0.25) is 0 Å². The van der Waals surface area contributed by atoms with Gasteiger partial charge in [-0.1, -0.05) is 0 Å². The van der Waals surface area contributed by atoms with Gasteiger partial charge in [-0.05, 0) is 0 Å². The van der Waals surface area contributed by atoms with E-state index in [0.717, 1.165) is 27.7 Å². The first-order valence-electron chi connectivity index (χ1n) is 7.56. The normalized spacial score (nSPS) is 26.4. The Kier molecular flexibility index (Phi) is 4.92. The van der Waals surface area contributed by atoms with E-state index in [1.165, 1.54) is 0 Å². The van der Waals surface area contributed by atoms with E-state index in [-0.39, 0.29) is 0 Å². The number of isocyanates is 1. The molecule has 0 saturated carbocycles. The van der Waals surface area contributed by atoms with Gasteiger partial charge in [0.05, 0.1) is 0 Å². The van der Waals surface area contributed by atoms with Crippen LogP contribution in [0.5, 0.6) is 0 Å². The fourth-order valence-corrected chi connectivity index (χ4v) is 5.94. The van der Waals surface area contributed by atoms with Crippen molar-refractivity contribution in [2.45, 2.75) is 63.1 Å². The minimum absolute atomic E-state index is 0.584. The van der Waals surface area contributed by atoms with Crippen LogP contribution in [0.1, 0.15) is 27.7 Å². The number of rotatable bonds is 2. The minimum atomic E-state index is -7.01. The second-order valence-corrected chi connectivity index (χ2v) is 9.64. The molecule has 1 spiro atoms. The van der Waals surface area contributed by atoms with Crippen LogP contribution in [0, 0.1) is 0 Å². The Hall–Kier alpha value is -1.63. The topological polar surface area (TPSA) is 66.4 Å². The quantitative estimate of drug-likeness (QED) is 0.218. The third-order valence-electron chi connectivity index (χ3n) is 4.46. The maximum absolute atomic E-state index is 14.5. The predicted molar refractivity (Wildman–Crippen MR) is 76.6 cm³/mol. The first-order valence-corrected chi connectivity index (χ1v) is 9.42. The fraction of sp³-hybridized carbons (Fsp3) is 0.769. The summed E-state index contributed by atoms with van der Waals surface area (Å²) in [6.45, 7) is 4.29. The standard InChI is InChI=1S/C13H12F10NO5P/c1-8(2)9(3,4)29-30(28-8,24-5-25)26-6(7(27-30)11(15,16)17)10(14,12(18,19)20)13(21,22)23/h1-4H3. The average molecular weight is 483 g/mol. The summed E-state index contributed by atoms with van der Waals surface area (Å²) >= 11 is 0. The molecule has 0 aromatic carbocycles. The third kappa shape index (κ3) is 3.24. The van der Waals surface area contributed by atoms with Gasteiger partial charge in [-0.15, -0.1) is 0 Å². The van der Waals surface area contributed by atoms with E-state index in [1.54, 1.807) is 0 Å². The van der Waals surface area contributed by atoms with E-state index in [1.807, 2.05) is 0 Å². The number of nitrogens with zero attached hydrogens (tertiary/aromatic N) is 1. The molecule has 0 amide bonds. The van der Waals surface area contributed by atoms with Crippen molar-refractivity contribution in [2.75, 3.05) is 0 Å². The van der Waals surface area contributed by atoms with Crippen molar-refractivity contribution in [2.24, 2.45) is 4.76 Å². The molecule has 0 atom stereocenters. The molecule has 0 bridgehead atoms. The Labute approximate surface area is 161 Å². The van der Waals surface area contributed by atoms with E-state index in [9.17, 15) is 48.7 Å². The molecule has 1 fully saturated rings. The van der Waals surface area contributed by atoms with E-state index in [2.05, 4.69) is 13.8 Å². The Balaban J connectivity index is 2.89. The molecule has 2 heterocycles. The van der Waals surface area contributed by atoms with Crippen molar-refractivity contribution in [1.29, 1.82) is 0 Å². The maximum atomic E-state index is 14.5. The fourth-order valence-electron chi connectivity index (χ4n) is 2.45. The molecule has 0 radical (unpaired) electrons. The molecule has 0 aliphatic carbocycles. The zero-order valence-corrected chi connectivity index (χ0v) is 16.1. The average Bonchev–Trinajstić information content (AvgIpc) is 2.85. The van der Waals surface area contributed by atoms with Gasteiger partial charge in [0.25, 0.3) is 0 Å². The molecule has 174 valence electrons. The van der Waals surface area contributed by atoms with Crippen LogP contribution < -0.4 is 0 Å². The van der Waals surface area contributed by atoms with Gasteiger partial charge in [-0.25, -0.2) is 0 Å². The van der Waals surface area contributed by atoms with Gasteiger partial charge >= 0.3 is 160 Å². The Morgan fingerprint density at radius 2 is 1.13 bits per heavy atom. The van der Waals surface area contributed by atoms with Gasteiger partial charge in [0, 0.05) is 0 Å². The molecule has 0 aromatic rings. The van der Waals surface area contributed by atoms with Crippen molar-refractivity contribution < 1.29 is 66.8 Å². The van der Waals surface area contributed by atoms with Crippen LogP contribution in [0.4, 0.5) is 43.9 Å². The Bertz CT molecular complexity index is 807. The molecule has 6 nitrogen and oxygen atoms in total. The number of hydrogen-bond donors (Lipinski definition) is 0. The number of hydrogen-bond acceptors (Lipinski definition) is 6. The van der Waals surface area contributed by atoms with Crippen molar-refractivity contribution in [3.05, 3.63) is 11.5 Å². The zero-order chi connectivity index (χ0) is 23.8. The van der Waals surface area contributed by atoms with Crippen molar-refractivity contribution >= 4 is 13.7 Å². The summed E-state index contributed by atoms with van der Waals surface area (Å²) in [7, 11) is -6.63. The molecule has 2 rings (SSSR count). The van der Waals surface area contributed by atoms with Gasteiger partial charge in [-0.2, -0.15) is 0 Å². The van der Waals surface area contributed by atoms with Crippen LogP contribution >= 0.6 is 7.66 Å². The summed E-state index contributed by atoms with van der Waals surface area (Å²) < 4.78 is 154. The van der Waals surface area contributed by atoms with Crippen LogP contribution in [0.25, 0.3) is 0 Å². The summed E-state index contributed by atoms with van der Waals surface area (Å²) in [5.74, 6) is -6.61. The van der Waals surface area contributed by atoms with E-state index < -0.39 is 54.6 Å². The van der Waals surface area contributed by atoms with Crippen molar-refractivity contribution in [3.8, 4) is 0 Å². The molecule has 2 aliphatic rings. The number of carbonyl (C=O) groups excluding carboxylic acids is 1. The molecule has 0 unspecified atom stereocenters. The second-order valence-electron chi connectivity index (χ2n) is 7.16. The third-order valence-corrected chi connectivity index (χ3v) is 7.37. The number of halogens is 10. The first-order chi connectivity index (χ1) is 13.0. The zero-order valence-electron chi connectivity index (χ0n) is 15.2. The van der Waals surface area contributed by atoms with Crippen LogP contribution in [-0.4, -0.2) is 41.5 Å². The van der Waals surface area contributed by atoms with Crippen molar-refractivity contribution in [3.63, 3.8) is 0 Å². The summed E-state index contributed by atoms with van der Waals surface area (Å²) in [5.41, 5.74) is -10.4. The van der Waals surface area contributed by atoms with Gasteiger partial charge in [0.2, 0.25) is 0 Å². The molecular formula is C13H12F10NO5P. The van der Waals surface area contributed by atoms with Crippen molar-refractivity contribution in [1.82, 2.24) is 0 Å². The number of alkyl halides is 10. The van der Waals surface area contributed by atoms with E-state index >= 15 is 0 Å². The molecule has 0 aromatic heterocycles. The monoisotopic (exact) mass is 483 g/mol. The Morgan fingerprint density at radius 1 is 0.767 bits per heavy atom. The second kappa shape index (κ2) is 5.99. The van der Waals surface area contributed by atoms with E-state index in [4.69, 9.17) is 9.05 Å². The van der Waals surface area contributed by atoms with Gasteiger partial charge < -0.3 is 0 Å². The predicted octanol–water partition coefficient (Wildman–Crippen LogP) is 5.71. The number of allylic oxidation sites excluding steroid dienone is 2. The molecular weight excluding hydrogens is 471 g/mol. The summed E-state index contributed by atoms with van der Waals surface area (Å²) in [4.78, 5) is 10.8. The molecule has 30 heavy (non-hydrogen) atoms. The summed E-state index contributed by atoms with van der Waals surface area (Å²) in [5, 5.41) is 0. The molecule has 0 N–H and O–H groups in total. The van der Waals surface area contributed by atoms with Gasteiger partial charge in [0.1, 0.15) is 0 Å². The molecule has 1 saturated heterocycles. The van der Waals surface area contributed by atoms with Crippen LogP contribution in [0.15, 0.2) is 16.3 Å². The Morgan fingerprint density at radius 3 is 1.43 bits per heavy atom.